The fourth-order valence-electron chi connectivity index (χ4n) is 3.08. The first kappa shape index (κ1) is 13.7. The van der Waals surface area contributed by atoms with Crippen LogP contribution in [0.5, 0.6) is 0 Å². The molecule has 1 nitrogen and oxygen atoms in total. The van der Waals surface area contributed by atoms with Crippen molar-refractivity contribution in [2.24, 2.45) is 0 Å². The summed E-state index contributed by atoms with van der Waals surface area (Å²) < 4.78 is 1.77. The van der Waals surface area contributed by atoms with Crippen molar-refractivity contribution >= 4 is 8.96 Å². The third-order valence-corrected chi connectivity index (χ3v) is 5.86. The molecule has 0 amide bonds. The van der Waals surface area contributed by atoms with Gasteiger partial charge in [0.25, 0.3) is 8.96 Å². The molecule has 0 saturated heterocycles. The largest absolute Gasteiger partial charge is 0.363 e. The van der Waals surface area contributed by atoms with Gasteiger partial charge in [0, 0.05) is 6.42 Å². The smallest absolute Gasteiger partial charge is 0.267 e. The average Bonchev–Trinajstić information content (AvgIpc) is 2.43. The minimum Gasteiger partial charge on any atom is -0.363 e. The summed E-state index contributed by atoms with van der Waals surface area (Å²) in [5.41, 5.74) is 5.17. The number of nitrogens with one attached hydrogen (secondary N) is 1. The molecule has 1 aliphatic rings. The van der Waals surface area contributed by atoms with E-state index >= 15 is 0 Å². The number of rotatable bonds is 3. The Morgan fingerprint density at radius 2 is 1.88 bits per heavy atom. The van der Waals surface area contributed by atoms with E-state index in [1.165, 1.54) is 12.8 Å². The zero-order valence-electron chi connectivity index (χ0n) is 12.1. The van der Waals surface area contributed by atoms with E-state index < -0.39 is 8.96 Å². The third-order valence-electron chi connectivity index (χ3n) is 3.46. The standard InChI is InChI=1S/C14H27NSi/c1-8-12-10-13(9-11(12)2)15(16(6)7)14(3,4)5/h10,16H,8-9H2,1-7H3/p+1. The van der Waals surface area contributed by atoms with Crippen molar-refractivity contribution in [2.75, 3.05) is 0 Å². The molecule has 0 radical (unpaired) electrons. The quantitative estimate of drug-likeness (QED) is 0.721. The van der Waals surface area contributed by atoms with Crippen molar-refractivity contribution in [2.45, 2.75) is 66.1 Å². The van der Waals surface area contributed by atoms with Crippen molar-refractivity contribution in [3.63, 3.8) is 0 Å². The van der Waals surface area contributed by atoms with Gasteiger partial charge in [-0.25, -0.2) is 0 Å². The number of hydrogen-bond donors (Lipinski definition) is 1. The maximum atomic E-state index is 2.48. The van der Waals surface area contributed by atoms with E-state index in [0.29, 0.717) is 5.54 Å². The lowest BCUT2D eigenvalue weighted by molar-refractivity contribution is -0.805. The summed E-state index contributed by atoms with van der Waals surface area (Å²) in [6, 6.07) is 0. The van der Waals surface area contributed by atoms with E-state index in [1.54, 1.807) is 21.4 Å². The first-order chi connectivity index (χ1) is 7.27. The number of allylic oxidation sites excluding steroid dienone is 3. The van der Waals surface area contributed by atoms with E-state index in [9.17, 15) is 0 Å². The van der Waals surface area contributed by atoms with Gasteiger partial charge in [-0.05, 0) is 58.9 Å². The van der Waals surface area contributed by atoms with Crippen LogP contribution in [0, 0.1) is 0 Å². The average molecular weight is 238 g/mol. The Morgan fingerprint density at radius 1 is 1.31 bits per heavy atom. The van der Waals surface area contributed by atoms with Crippen molar-refractivity contribution < 1.29 is 4.57 Å². The molecule has 1 aliphatic carbocycles. The molecule has 0 fully saturated rings. The zero-order chi connectivity index (χ0) is 12.5. The zero-order valence-corrected chi connectivity index (χ0v) is 13.2. The molecule has 0 saturated carbocycles. The molecular formula is C14H28NSi+. The molecule has 1 rings (SSSR count). The summed E-state index contributed by atoms with van der Waals surface area (Å²) >= 11 is 0. The maximum Gasteiger partial charge on any atom is 0.267 e. The van der Waals surface area contributed by atoms with Gasteiger partial charge in [-0.3, -0.25) is 0 Å². The van der Waals surface area contributed by atoms with Crippen molar-refractivity contribution in [1.82, 2.24) is 0 Å². The van der Waals surface area contributed by atoms with Crippen LogP contribution in [0.2, 0.25) is 13.1 Å². The third kappa shape index (κ3) is 2.86. The van der Waals surface area contributed by atoms with Crippen LogP contribution in [0.3, 0.4) is 0 Å². The fraction of sp³-hybridized carbons (Fsp3) is 0.714. The normalized spacial score (nSPS) is 19.4. The first-order valence-corrected chi connectivity index (χ1v) is 9.43. The van der Waals surface area contributed by atoms with Crippen LogP contribution in [0.1, 0.15) is 47.5 Å². The van der Waals surface area contributed by atoms with Crippen LogP contribution >= 0.6 is 0 Å². The molecular weight excluding hydrogens is 210 g/mol. The SMILES string of the molecule is CCC1=C(C)CC([NH+]([SiH](C)C)C(C)(C)C)=C1. The first-order valence-electron chi connectivity index (χ1n) is 6.54. The summed E-state index contributed by atoms with van der Waals surface area (Å²) in [5.74, 6) is 0. The molecule has 0 aromatic heterocycles. The molecule has 92 valence electrons. The second-order valence-corrected chi connectivity index (χ2v) is 9.21. The maximum absolute atomic E-state index is 2.48. The van der Waals surface area contributed by atoms with Crippen LogP contribution in [-0.4, -0.2) is 14.5 Å². The lowest BCUT2D eigenvalue weighted by atomic mass is 10.1. The Hall–Kier alpha value is -0.343. The molecule has 1 unspecified atom stereocenters. The van der Waals surface area contributed by atoms with E-state index in [2.05, 4.69) is 53.8 Å². The minimum atomic E-state index is -0.708. The molecule has 0 heterocycles. The highest BCUT2D eigenvalue weighted by atomic mass is 28.3. The number of hydrogen-bond acceptors (Lipinski definition) is 0. The lowest BCUT2D eigenvalue weighted by Gasteiger charge is -2.36. The minimum absolute atomic E-state index is 0.357. The van der Waals surface area contributed by atoms with E-state index in [1.807, 2.05) is 0 Å². The summed E-state index contributed by atoms with van der Waals surface area (Å²) in [4.78, 5) is 0. The van der Waals surface area contributed by atoms with Crippen LogP contribution in [0.25, 0.3) is 0 Å². The molecule has 0 aromatic rings. The van der Waals surface area contributed by atoms with E-state index in [4.69, 9.17) is 0 Å². The van der Waals surface area contributed by atoms with Gasteiger partial charge >= 0.3 is 0 Å². The molecule has 0 spiro atoms. The highest BCUT2D eigenvalue weighted by Crippen LogP contribution is 2.24. The van der Waals surface area contributed by atoms with Crippen LogP contribution < -0.4 is 4.57 Å². The summed E-state index contributed by atoms with van der Waals surface area (Å²) in [7, 11) is -0.708. The molecule has 0 aromatic carbocycles. The Morgan fingerprint density at radius 3 is 2.19 bits per heavy atom. The van der Waals surface area contributed by atoms with Gasteiger partial charge in [0.1, 0.15) is 0 Å². The summed E-state index contributed by atoms with van der Waals surface area (Å²) in [6.45, 7) is 16.6. The van der Waals surface area contributed by atoms with Gasteiger partial charge in [-0.15, -0.1) is 0 Å². The second kappa shape index (κ2) is 4.88. The van der Waals surface area contributed by atoms with Gasteiger partial charge in [0.2, 0.25) is 0 Å². The molecule has 0 aliphatic heterocycles. The molecule has 0 bridgehead atoms. The summed E-state index contributed by atoms with van der Waals surface area (Å²) in [5, 5.41) is 0. The van der Waals surface area contributed by atoms with Crippen molar-refractivity contribution in [3.8, 4) is 0 Å². The Bertz CT molecular complexity index is 318. The highest BCUT2D eigenvalue weighted by molar-refractivity contribution is 6.46. The molecule has 1 N–H and O–H groups in total. The van der Waals surface area contributed by atoms with Crippen molar-refractivity contribution in [1.29, 1.82) is 0 Å². The van der Waals surface area contributed by atoms with Gasteiger partial charge in [0.05, 0.1) is 11.2 Å². The fourth-order valence-corrected chi connectivity index (χ4v) is 5.74. The Balaban J connectivity index is 2.94. The molecule has 1 atom stereocenters. The highest BCUT2D eigenvalue weighted by Gasteiger charge is 2.33. The Kier molecular flexibility index (Phi) is 4.19. The summed E-state index contributed by atoms with van der Waals surface area (Å²) in [6.07, 6.45) is 4.87. The predicted octanol–water partition coefficient (Wildman–Crippen LogP) is 2.67. The van der Waals surface area contributed by atoms with Gasteiger partial charge < -0.3 is 4.57 Å². The molecule has 16 heavy (non-hydrogen) atoms. The van der Waals surface area contributed by atoms with Crippen LogP contribution in [0.15, 0.2) is 22.9 Å². The van der Waals surface area contributed by atoms with Gasteiger partial charge in [-0.2, -0.15) is 0 Å². The van der Waals surface area contributed by atoms with Gasteiger partial charge in [-0.1, -0.05) is 12.5 Å². The second-order valence-electron chi connectivity index (χ2n) is 6.32. The van der Waals surface area contributed by atoms with E-state index in [0.717, 1.165) is 0 Å². The predicted molar refractivity (Wildman–Crippen MR) is 75.3 cm³/mol. The van der Waals surface area contributed by atoms with Crippen LogP contribution in [0.4, 0.5) is 0 Å². The van der Waals surface area contributed by atoms with E-state index in [-0.39, 0.29) is 0 Å². The monoisotopic (exact) mass is 238 g/mol. The molecule has 2 heteroatoms. The Labute approximate surface area is 103 Å². The van der Waals surface area contributed by atoms with Gasteiger partial charge in [0.15, 0.2) is 0 Å². The van der Waals surface area contributed by atoms with Crippen LogP contribution in [-0.2, 0) is 0 Å². The topological polar surface area (TPSA) is 4.44 Å². The number of quaternary nitrogens is 1. The lowest BCUT2D eigenvalue weighted by Crippen LogP contribution is -3.21. The van der Waals surface area contributed by atoms with Crippen molar-refractivity contribution in [3.05, 3.63) is 22.9 Å².